The van der Waals surface area contributed by atoms with Gasteiger partial charge in [-0.3, -0.25) is 0 Å². The zero-order valence-corrected chi connectivity index (χ0v) is 12.8. The average Bonchev–Trinajstić information content (AvgIpc) is 2.46. The van der Waals surface area contributed by atoms with Gasteiger partial charge in [-0.15, -0.1) is 0 Å². The third-order valence-electron chi connectivity index (χ3n) is 3.09. The minimum atomic E-state index is 0.575. The number of benzene rings is 1. The summed E-state index contributed by atoms with van der Waals surface area (Å²) in [5.74, 6) is 4.63. The second-order valence-corrected chi connectivity index (χ2v) is 7.38. The lowest BCUT2D eigenvalue weighted by Crippen LogP contribution is -2.23. The summed E-state index contributed by atoms with van der Waals surface area (Å²) in [6, 6.07) is 10.2. The maximum atomic E-state index is 6.22. The van der Waals surface area contributed by atoms with Crippen molar-refractivity contribution < 1.29 is 0 Å². The molecule has 1 aliphatic heterocycles. The van der Waals surface area contributed by atoms with Gasteiger partial charge in [0.25, 0.3) is 0 Å². The van der Waals surface area contributed by atoms with E-state index in [0.29, 0.717) is 10.4 Å². The number of hydrogen-bond acceptors (Lipinski definition) is 4. The maximum Gasteiger partial charge on any atom is 0.139 e. The Morgan fingerprint density at radius 3 is 3.05 bits per heavy atom. The topological polar surface area (TPSA) is 24.9 Å². The van der Waals surface area contributed by atoms with E-state index in [2.05, 4.69) is 22.4 Å². The Morgan fingerprint density at radius 2 is 2.21 bits per heavy atom. The summed E-state index contributed by atoms with van der Waals surface area (Å²) in [5, 5.41) is 6.81. The summed E-state index contributed by atoms with van der Waals surface area (Å²) < 4.78 is 0. The number of halogens is 1. The van der Waals surface area contributed by atoms with E-state index in [4.69, 9.17) is 11.6 Å². The van der Waals surface area contributed by atoms with Gasteiger partial charge in [-0.05, 0) is 11.5 Å². The van der Waals surface area contributed by atoms with Gasteiger partial charge in [0.15, 0.2) is 0 Å². The van der Waals surface area contributed by atoms with E-state index in [0.717, 1.165) is 23.1 Å². The van der Waals surface area contributed by atoms with E-state index >= 15 is 0 Å². The van der Waals surface area contributed by atoms with Crippen molar-refractivity contribution in [2.24, 2.45) is 0 Å². The second-order valence-electron chi connectivity index (χ2n) is 4.47. The van der Waals surface area contributed by atoms with Crippen LogP contribution in [-0.2, 0) is 0 Å². The first kappa shape index (κ1) is 13.4. The van der Waals surface area contributed by atoms with Crippen molar-refractivity contribution >= 4 is 51.7 Å². The molecule has 0 bridgehead atoms. The van der Waals surface area contributed by atoms with E-state index in [1.807, 2.05) is 41.7 Å². The Kier molecular flexibility index (Phi) is 4.41. The van der Waals surface area contributed by atoms with Gasteiger partial charge in [-0.25, -0.2) is 4.98 Å². The lowest BCUT2D eigenvalue weighted by Gasteiger charge is -2.21. The Morgan fingerprint density at radius 1 is 1.32 bits per heavy atom. The Bertz CT molecular complexity index is 570. The van der Waals surface area contributed by atoms with Crippen LogP contribution in [0.5, 0.6) is 0 Å². The van der Waals surface area contributed by atoms with Crippen molar-refractivity contribution in [3.63, 3.8) is 0 Å². The van der Waals surface area contributed by atoms with Crippen molar-refractivity contribution in [1.29, 1.82) is 0 Å². The van der Waals surface area contributed by atoms with E-state index in [1.54, 1.807) is 0 Å². The molecule has 5 heteroatoms. The van der Waals surface area contributed by atoms with Crippen LogP contribution in [0, 0.1) is 0 Å². The molecule has 100 valence electrons. The summed E-state index contributed by atoms with van der Waals surface area (Å²) in [6.45, 7) is 0.958. The molecule has 0 amide bonds. The zero-order valence-electron chi connectivity index (χ0n) is 10.4. The fourth-order valence-electron chi connectivity index (χ4n) is 2.12. The van der Waals surface area contributed by atoms with Crippen molar-refractivity contribution in [2.45, 2.75) is 5.25 Å². The van der Waals surface area contributed by atoms with Gasteiger partial charge in [-0.1, -0.05) is 35.9 Å². The molecule has 0 aliphatic carbocycles. The summed E-state index contributed by atoms with van der Waals surface area (Å²) >= 11 is 10.3. The second kappa shape index (κ2) is 6.25. The van der Waals surface area contributed by atoms with Gasteiger partial charge in [0, 0.05) is 34.4 Å². The molecule has 1 N–H and O–H groups in total. The van der Waals surface area contributed by atoms with Crippen LogP contribution in [0.2, 0.25) is 5.15 Å². The van der Waals surface area contributed by atoms with Crippen LogP contribution in [0.25, 0.3) is 10.8 Å². The summed E-state index contributed by atoms with van der Waals surface area (Å²) in [7, 11) is 0. The third-order valence-corrected chi connectivity index (χ3v) is 6.22. The van der Waals surface area contributed by atoms with Crippen LogP contribution < -0.4 is 5.32 Å². The highest BCUT2D eigenvalue weighted by molar-refractivity contribution is 8.06. The van der Waals surface area contributed by atoms with Crippen molar-refractivity contribution in [1.82, 2.24) is 4.98 Å². The summed E-state index contributed by atoms with van der Waals surface area (Å²) in [4.78, 5) is 4.42. The normalized spacial score (nSPS) is 19.5. The van der Waals surface area contributed by atoms with Crippen LogP contribution in [0.4, 0.5) is 5.82 Å². The number of nitrogens with zero attached hydrogens (tertiary/aromatic N) is 1. The number of thioether (sulfide) groups is 2. The van der Waals surface area contributed by atoms with Crippen LogP contribution in [0.1, 0.15) is 0 Å². The monoisotopic (exact) mass is 310 g/mol. The minimum Gasteiger partial charge on any atom is -0.369 e. The largest absolute Gasteiger partial charge is 0.369 e. The van der Waals surface area contributed by atoms with Crippen LogP contribution >= 0.6 is 35.1 Å². The lowest BCUT2D eigenvalue weighted by molar-refractivity contribution is 0.994. The molecule has 1 saturated heterocycles. The van der Waals surface area contributed by atoms with Gasteiger partial charge in [-0.2, -0.15) is 23.5 Å². The van der Waals surface area contributed by atoms with Gasteiger partial charge < -0.3 is 5.32 Å². The molecular formula is C14H15ClN2S2. The first-order chi connectivity index (χ1) is 9.33. The smallest absolute Gasteiger partial charge is 0.139 e. The number of anilines is 1. The number of rotatable bonds is 3. The molecule has 0 saturated carbocycles. The Labute approximate surface area is 126 Å². The highest BCUT2D eigenvalue weighted by Gasteiger charge is 2.14. The first-order valence-corrected chi connectivity index (χ1v) is 8.89. The van der Waals surface area contributed by atoms with Crippen LogP contribution in [-0.4, -0.2) is 34.0 Å². The van der Waals surface area contributed by atoms with Gasteiger partial charge in [0.2, 0.25) is 0 Å². The fourth-order valence-corrected chi connectivity index (χ4v) is 4.99. The highest BCUT2D eigenvalue weighted by atomic mass is 35.5. The molecule has 1 fully saturated rings. The molecule has 19 heavy (non-hydrogen) atoms. The number of fused-ring (bicyclic) bond motifs is 1. The van der Waals surface area contributed by atoms with E-state index in [-0.39, 0.29) is 0 Å². The zero-order chi connectivity index (χ0) is 13.1. The quantitative estimate of drug-likeness (QED) is 0.861. The lowest BCUT2D eigenvalue weighted by atomic mass is 10.2. The van der Waals surface area contributed by atoms with E-state index in [9.17, 15) is 0 Å². The molecule has 1 aromatic carbocycles. The van der Waals surface area contributed by atoms with Crippen molar-refractivity contribution in [3.05, 3.63) is 35.5 Å². The van der Waals surface area contributed by atoms with Gasteiger partial charge in [0.05, 0.1) is 0 Å². The highest BCUT2D eigenvalue weighted by Crippen LogP contribution is 2.26. The van der Waals surface area contributed by atoms with Gasteiger partial charge in [0.1, 0.15) is 11.0 Å². The average molecular weight is 311 g/mol. The van der Waals surface area contributed by atoms with E-state index in [1.165, 1.54) is 17.3 Å². The van der Waals surface area contributed by atoms with E-state index < -0.39 is 0 Å². The third kappa shape index (κ3) is 3.30. The Hall–Kier alpha value is -0.580. The molecule has 2 nitrogen and oxygen atoms in total. The molecule has 0 radical (unpaired) electrons. The van der Waals surface area contributed by atoms with Crippen LogP contribution in [0.15, 0.2) is 30.3 Å². The van der Waals surface area contributed by atoms with Crippen molar-refractivity contribution in [3.8, 4) is 0 Å². The summed E-state index contributed by atoms with van der Waals surface area (Å²) in [5.41, 5.74) is 0. The Balaban J connectivity index is 1.73. The van der Waals surface area contributed by atoms with Crippen LogP contribution in [0.3, 0.4) is 0 Å². The molecule has 2 aromatic rings. The molecule has 0 spiro atoms. The predicted molar refractivity (Wildman–Crippen MR) is 88.8 cm³/mol. The maximum absolute atomic E-state index is 6.22. The molecule has 1 aliphatic rings. The molecule has 2 heterocycles. The molecular weight excluding hydrogens is 296 g/mol. The minimum absolute atomic E-state index is 0.575. The molecule has 1 aromatic heterocycles. The van der Waals surface area contributed by atoms with Crippen molar-refractivity contribution in [2.75, 3.05) is 29.1 Å². The number of nitrogens with one attached hydrogen (secondary N) is 1. The number of hydrogen-bond donors (Lipinski definition) is 1. The standard InChI is InChI=1S/C14H15ClN2S2/c15-14-12-4-2-1-3-10(12)7-13(17-14)16-8-11-9-18-5-6-19-11/h1-4,7,11H,5-6,8-9H2,(H,16,17). The predicted octanol–water partition coefficient (Wildman–Crippen LogP) is 4.15. The molecule has 3 rings (SSSR count). The number of aromatic nitrogens is 1. The molecule has 1 unspecified atom stereocenters. The number of pyridine rings is 1. The fraction of sp³-hybridized carbons (Fsp3) is 0.357. The summed E-state index contributed by atoms with van der Waals surface area (Å²) in [6.07, 6.45) is 0. The SMILES string of the molecule is Clc1nc(NCC2CSCCS2)cc2ccccc12. The molecule has 1 atom stereocenters. The first-order valence-electron chi connectivity index (χ1n) is 6.31. The van der Waals surface area contributed by atoms with Gasteiger partial charge >= 0.3 is 0 Å².